The van der Waals surface area contributed by atoms with Crippen LogP contribution in [0.4, 0.5) is 19.0 Å². The Balaban J connectivity index is 2.16. The molecule has 2 rings (SSSR count). The van der Waals surface area contributed by atoms with E-state index in [0.717, 1.165) is 12.1 Å². The smallest absolute Gasteiger partial charge is 0.387 e. The Bertz CT molecular complexity index is 784. The highest BCUT2D eigenvalue weighted by molar-refractivity contribution is 5.55. The molecule has 0 saturated carbocycles. The molecule has 1 aromatic heterocycles. The molecule has 126 valence electrons. The summed E-state index contributed by atoms with van der Waals surface area (Å²) in [5.41, 5.74) is 0.841. The standard InChI is InChI=1S/C16H15F3N4O/c1-9-10(2)22-23-15(13(9)7-20)21-8-14(24)11-4-3-5-12(6-11)16(17,18)19/h3-6,14,24H,8H2,1-2H3,(H,21,23)/t14-/m1/s1. The highest BCUT2D eigenvalue weighted by Gasteiger charge is 2.30. The minimum absolute atomic E-state index is 0.104. The fourth-order valence-corrected chi connectivity index (χ4v) is 2.10. The lowest BCUT2D eigenvalue weighted by Gasteiger charge is -2.15. The van der Waals surface area contributed by atoms with Gasteiger partial charge in [0.1, 0.15) is 11.6 Å². The second-order valence-corrected chi connectivity index (χ2v) is 5.27. The van der Waals surface area contributed by atoms with Crippen molar-refractivity contribution in [3.63, 3.8) is 0 Å². The second-order valence-electron chi connectivity index (χ2n) is 5.27. The van der Waals surface area contributed by atoms with Gasteiger partial charge in [-0.05, 0) is 37.1 Å². The van der Waals surface area contributed by atoms with Crippen LogP contribution >= 0.6 is 0 Å². The average Bonchev–Trinajstić information content (AvgIpc) is 2.55. The van der Waals surface area contributed by atoms with Crippen molar-refractivity contribution >= 4 is 5.82 Å². The number of anilines is 1. The Morgan fingerprint density at radius 1 is 1.29 bits per heavy atom. The Morgan fingerprint density at radius 3 is 2.62 bits per heavy atom. The van der Waals surface area contributed by atoms with Crippen molar-refractivity contribution in [2.45, 2.75) is 26.1 Å². The van der Waals surface area contributed by atoms with E-state index in [1.54, 1.807) is 13.8 Å². The number of aryl methyl sites for hydroxylation is 1. The summed E-state index contributed by atoms with van der Waals surface area (Å²) in [6.45, 7) is 3.33. The molecule has 0 spiro atoms. The van der Waals surface area contributed by atoms with Gasteiger partial charge in [0, 0.05) is 6.54 Å². The van der Waals surface area contributed by atoms with E-state index in [4.69, 9.17) is 0 Å². The van der Waals surface area contributed by atoms with Crippen LogP contribution in [-0.2, 0) is 6.18 Å². The number of aromatic nitrogens is 2. The molecule has 5 nitrogen and oxygen atoms in total. The maximum absolute atomic E-state index is 12.7. The first-order valence-electron chi connectivity index (χ1n) is 7.07. The molecule has 2 aromatic rings. The van der Waals surface area contributed by atoms with Crippen molar-refractivity contribution in [1.82, 2.24) is 10.2 Å². The molecule has 0 aliphatic heterocycles. The molecule has 1 aromatic carbocycles. The first-order chi connectivity index (χ1) is 11.2. The van der Waals surface area contributed by atoms with Crippen LogP contribution in [0.15, 0.2) is 24.3 Å². The quantitative estimate of drug-likeness (QED) is 0.896. The van der Waals surface area contributed by atoms with Crippen LogP contribution in [0.1, 0.15) is 34.1 Å². The van der Waals surface area contributed by atoms with E-state index in [1.165, 1.54) is 12.1 Å². The highest BCUT2D eigenvalue weighted by atomic mass is 19.4. The molecule has 0 fully saturated rings. The van der Waals surface area contributed by atoms with Crippen molar-refractivity contribution in [3.05, 3.63) is 52.2 Å². The van der Waals surface area contributed by atoms with Gasteiger partial charge in [-0.25, -0.2) is 0 Å². The van der Waals surface area contributed by atoms with Crippen LogP contribution in [0.2, 0.25) is 0 Å². The van der Waals surface area contributed by atoms with E-state index in [2.05, 4.69) is 15.5 Å². The fraction of sp³-hybridized carbons (Fsp3) is 0.312. The third kappa shape index (κ3) is 3.81. The van der Waals surface area contributed by atoms with Gasteiger partial charge in [-0.3, -0.25) is 0 Å². The molecule has 0 radical (unpaired) electrons. The molecule has 0 aliphatic carbocycles. The Hall–Kier alpha value is -2.66. The van der Waals surface area contributed by atoms with Crippen molar-refractivity contribution in [2.24, 2.45) is 0 Å². The number of hydrogen-bond donors (Lipinski definition) is 2. The number of nitrogens with zero attached hydrogens (tertiary/aromatic N) is 3. The predicted octanol–water partition coefficient (Wildman–Crippen LogP) is 3.13. The fourth-order valence-electron chi connectivity index (χ4n) is 2.10. The molecule has 0 bridgehead atoms. The molecule has 0 aliphatic rings. The minimum atomic E-state index is -4.48. The number of nitrogens with one attached hydrogen (secondary N) is 1. The molecule has 1 heterocycles. The summed E-state index contributed by atoms with van der Waals surface area (Å²) in [7, 11) is 0. The van der Waals surface area contributed by atoms with Crippen LogP contribution < -0.4 is 5.32 Å². The van der Waals surface area contributed by atoms with Crippen LogP contribution in [0, 0.1) is 25.2 Å². The molecular formula is C16H15F3N4O. The summed E-state index contributed by atoms with van der Waals surface area (Å²) < 4.78 is 38.1. The molecule has 1 atom stereocenters. The number of rotatable bonds is 4. The molecule has 24 heavy (non-hydrogen) atoms. The molecule has 0 saturated heterocycles. The normalized spacial score (nSPS) is 12.5. The van der Waals surface area contributed by atoms with Gasteiger partial charge in [0.05, 0.1) is 17.4 Å². The molecule has 0 unspecified atom stereocenters. The van der Waals surface area contributed by atoms with E-state index >= 15 is 0 Å². The molecular weight excluding hydrogens is 321 g/mol. The van der Waals surface area contributed by atoms with Crippen LogP contribution in [0.25, 0.3) is 0 Å². The number of hydrogen-bond acceptors (Lipinski definition) is 5. The van der Waals surface area contributed by atoms with Gasteiger partial charge in [0.2, 0.25) is 0 Å². The molecule has 2 N–H and O–H groups in total. The maximum atomic E-state index is 12.7. The first kappa shape index (κ1) is 17.7. The zero-order valence-corrected chi connectivity index (χ0v) is 13.0. The van der Waals surface area contributed by atoms with Crippen molar-refractivity contribution in [1.29, 1.82) is 5.26 Å². The van der Waals surface area contributed by atoms with Gasteiger partial charge in [-0.1, -0.05) is 12.1 Å². The highest BCUT2D eigenvalue weighted by Crippen LogP contribution is 2.30. The topological polar surface area (TPSA) is 81.8 Å². The Labute approximate surface area is 136 Å². The van der Waals surface area contributed by atoms with E-state index in [9.17, 15) is 23.5 Å². The number of benzene rings is 1. The summed E-state index contributed by atoms with van der Waals surface area (Å²) >= 11 is 0. The summed E-state index contributed by atoms with van der Waals surface area (Å²) in [5.74, 6) is 0.187. The number of aliphatic hydroxyl groups is 1. The van der Waals surface area contributed by atoms with Crippen molar-refractivity contribution in [3.8, 4) is 6.07 Å². The monoisotopic (exact) mass is 336 g/mol. The van der Waals surface area contributed by atoms with Crippen molar-refractivity contribution < 1.29 is 18.3 Å². The summed E-state index contributed by atoms with van der Waals surface area (Å²) in [6, 6.07) is 6.47. The van der Waals surface area contributed by atoms with E-state index in [0.29, 0.717) is 16.8 Å². The zero-order valence-electron chi connectivity index (χ0n) is 13.0. The first-order valence-corrected chi connectivity index (χ1v) is 7.07. The summed E-state index contributed by atoms with van der Waals surface area (Å²) in [5, 5.41) is 29.8. The van der Waals surface area contributed by atoms with E-state index in [-0.39, 0.29) is 17.9 Å². The molecule has 0 amide bonds. The average molecular weight is 336 g/mol. The van der Waals surface area contributed by atoms with Gasteiger partial charge in [-0.2, -0.15) is 23.5 Å². The van der Waals surface area contributed by atoms with Gasteiger partial charge < -0.3 is 10.4 Å². The predicted molar refractivity (Wildman–Crippen MR) is 81.1 cm³/mol. The number of halogens is 3. The lowest BCUT2D eigenvalue weighted by atomic mass is 10.1. The third-order valence-electron chi connectivity index (χ3n) is 3.63. The largest absolute Gasteiger partial charge is 0.416 e. The SMILES string of the molecule is Cc1nnc(NC[C@@H](O)c2cccc(C(F)(F)F)c2)c(C#N)c1C. The van der Waals surface area contributed by atoms with Gasteiger partial charge in [0.15, 0.2) is 5.82 Å². The lowest BCUT2D eigenvalue weighted by molar-refractivity contribution is -0.137. The van der Waals surface area contributed by atoms with Crippen LogP contribution in [0.5, 0.6) is 0 Å². The second kappa shape index (κ2) is 6.84. The summed E-state index contributed by atoms with van der Waals surface area (Å²) in [6.07, 6.45) is -5.67. The van der Waals surface area contributed by atoms with Gasteiger partial charge in [-0.15, -0.1) is 5.10 Å². The van der Waals surface area contributed by atoms with Crippen molar-refractivity contribution in [2.75, 3.05) is 11.9 Å². The minimum Gasteiger partial charge on any atom is -0.387 e. The van der Waals surface area contributed by atoms with E-state index in [1.807, 2.05) is 6.07 Å². The van der Waals surface area contributed by atoms with E-state index < -0.39 is 17.8 Å². The van der Waals surface area contributed by atoms with Crippen LogP contribution in [0.3, 0.4) is 0 Å². The van der Waals surface area contributed by atoms with Crippen LogP contribution in [-0.4, -0.2) is 21.8 Å². The number of nitriles is 1. The van der Waals surface area contributed by atoms with Gasteiger partial charge >= 0.3 is 6.18 Å². The summed E-state index contributed by atoms with van der Waals surface area (Å²) in [4.78, 5) is 0. The lowest BCUT2D eigenvalue weighted by Crippen LogP contribution is -2.16. The Kier molecular flexibility index (Phi) is 5.04. The molecule has 8 heteroatoms. The third-order valence-corrected chi connectivity index (χ3v) is 3.63. The maximum Gasteiger partial charge on any atom is 0.416 e. The number of aliphatic hydroxyl groups excluding tert-OH is 1. The zero-order chi connectivity index (χ0) is 17.9. The van der Waals surface area contributed by atoms with Gasteiger partial charge in [0.25, 0.3) is 0 Å². The Morgan fingerprint density at radius 2 is 2.00 bits per heavy atom. The number of alkyl halides is 3.